The highest BCUT2D eigenvalue weighted by molar-refractivity contribution is 5.74. The third-order valence-corrected chi connectivity index (χ3v) is 4.71. The van der Waals surface area contributed by atoms with Crippen molar-refractivity contribution in [3.63, 3.8) is 0 Å². The largest absolute Gasteiger partial charge is 0.394 e. The van der Waals surface area contributed by atoms with Crippen LogP contribution >= 0.6 is 0 Å². The average Bonchev–Trinajstić information content (AvgIpc) is 2.60. The number of nitrogens with one attached hydrogen (secondary N) is 1. The lowest BCUT2D eigenvalue weighted by molar-refractivity contribution is -0.00603. The maximum Gasteiger partial charge on any atom is 0.317 e. The second-order valence-electron chi connectivity index (χ2n) is 6.58. The van der Waals surface area contributed by atoms with Crippen molar-refractivity contribution >= 4 is 6.03 Å². The van der Waals surface area contributed by atoms with E-state index in [2.05, 4.69) is 15.3 Å². The molecule has 0 saturated carbocycles. The SMILES string of the molecule is Cc1ncc2c(n1)CCC(NC(=O)N1CCCC(OCCO)C1)C2. The van der Waals surface area contributed by atoms with Gasteiger partial charge in [-0.1, -0.05) is 0 Å². The van der Waals surface area contributed by atoms with Gasteiger partial charge in [-0.3, -0.25) is 0 Å². The number of nitrogens with zero attached hydrogens (tertiary/aromatic N) is 3. The van der Waals surface area contributed by atoms with Crippen molar-refractivity contribution < 1.29 is 14.6 Å². The highest BCUT2D eigenvalue weighted by atomic mass is 16.5. The van der Waals surface area contributed by atoms with Gasteiger partial charge in [0.15, 0.2) is 0 Å². The van der Waals surface area contributed by atoms with Crippen LogP contribution in [0, 0.1) is 6.92 Å². The number of amides is 2. The molecule has 1 saturated heterocycles. The minimum Gasteiger partial charge on any atom is -0.394 e. The van der Waals surface area contributed by atoms with E-state index in [0.29, 0.717) is 13.2 Å². The second-order valence-corrected chi connectivity index (χ2v) is 6.58. The number of fused-ring (bicyclic) bond motifs is 1. The molecule has 2 unspecified atom stereocenters. The first-order chi connectivity index (χ1) is 11.7. The number of likely N-dealkylation sites (tertiary alicyclic amines) is 1. The normalized spacial score (nSPS) is 23.7. The van der Waals surface area contributed by atoms with Gasteiger partial charge in [-0.25, -0.2) is 14.8 Å². The molecule has 0 aromatic carbocycles. The molecule has 7 heteroatoms. The molecule has 1 aliphatic heterocycles. The zero-order chi connectivity index (χ0) is 16.9. The first-order valence-corrected chi connectivity index (χ1v) is 8.75. The molecule has 2 N–H and O–H groups in total. The van der Waals surface area contributed by atoms with E-state index < -0.39 is 0 Å². The summed E-state index contributed by atoms with van der Waals surface area (Å²) >= 11 is 0. The number of aryl methyl sites for hydroxylation is 2. The number of hydrogen-bond donors (Lipinski definition) is 2. The third kappa shape index (κ3) is 4.21. The summed E-state index contributed by atoms with van der Waals surface area (Å²) < 4.78 is 5.57. The molecule has 1 aromatic heterocycles. The Morgan fingerprint density at radius 2 is 2.38 bits per heavy atom. The quantitative estimate of drug-likeness (QED) is 0.851. The van der Waals surface area contributed by atoms with Crippen LogP contribution in [0.15, 0.2) is 6.20 Å². The number of carbonyl (C=O) groups excluding carboxylic acids is 1. The number of hydrogen-bond acceptors (Lipinski definition) is 5. The maximum absolute atomic E-state index is 12.5. The van der Waals surface area contributed by atoms with Crippen LogP contribution in [0.2, 0.25) is 0 Å². The Kier molecular flexibility index (Phi) is 5.63. The predicted octanol–water partition coefficient (Wildman–Crippen LogP) is 0.825. The molecule has 3 rings (SSSR count). The van der Waals surface area contributed by atoms with Gasteiger partial charge in [-0.05, 0) is 44.6 Å². The summed E-state index contributed by atoms with van der Waals surface area (Å²) in [7, 11) is 0. The van der Waals surface area contributed by atoms with Crippen molar-refractivity contribution in [2.45, 2.75) is 51.2 Å². The van der Waals surface area contributed by atoms with E-state index in [0.717, 1.165) is 55.7 Å². The summed E-state index contributed by atoms with van der Waals surface area (Å²) in [6, 6.07) is 0.115. The third-order valence-electron chi connectivity index (χ3n) is 4.71. The predicted molar refractivity (Wildman–Crippen MR) is 88.7 cm³/mol. The van der Waals surface area contributed by atoms with Gasteiger partial charge in [0.25, 0.3) is 0 Å². The topological polar surface area (TPSA) is 87.6 Å². The number of carbonyl (C=O) groups is 1. The smallest absolute Gasteiger partial charge is 0.317 e. The van der Waals surface area contributed by atoms with Crippen molar-refractivity contribution in [3.8, 4) is 0 Å². The molecule has 0 bridgehead atoms. The Labute approximate surface area is 142 Å². The van der Waals surface area contributed by atoms with Crippen LogP contribution in [0.25, 0.3) is 0 Å². The van der Waals surface area contributed by atoms with Crippen molar-refractivity contribution in [3.05, 3.63) is 23.3 Å². The lowest BCUT2D eigenvalue weighted by atomic mass is 9.93. The van der Waals surface area contributed by atoms with Gasteiger partial charge < -0.3 is 20.1 Å². The van der Waals surface area contributed by atoms with Gasteiger partial charge in [-0.2, -0.15) is 0 Å². The molecule has 1 fully saturated rings. The number of ether oxygens (including phenoxy) is 1. The number of aliphatic hydroxyl groups is 1. The van der Waals surface area contributed by atoms with Gasteiger partial charge in [-0.15, -0.1) is 0 Å². The monoisotopic (exact) mass is 334 g/mol. The molecule has 1 aromatic rings. The Balaban J connectivity index is 1.52. The van der Waals surface area contributed by atoms with Crippen LogP contribution in [0.1, 0.15) is 36.3 Å². The Hall–Kier alpha value is -1.73. The number of aromatic nitrogens is 2. The molecule has 2 atom stereocenters. The minimum atomic E-state index is -0.0196. The average molecular weight is 334 g/mol. The van der Waals surface area contributed by atoms with Gasteiger partial charge in [0.05, 0.1) is 19.3 Å². The molecular formula is C17H26N4O3. The van der Waals surface area contributed by atoms with E-state index >= 15 is 0 Å². The van der Waals surface area contributed by atoms with E-state index in [9.17, 15) is 4.79 Å². The Bertz CT molecular complexity index is 581. The molecule has 1 aliphatic carbocycles. The molecule has 132 valence electrons. The molecule has 24 heavy (non-hydrogen) atoms. The van der Waals surface area contributed by atoms with Crippen LogP contribution in [0.4, 0.5) is 4.79 Å². The summed E-state index contributed by atoms with van der Waals surface area (Å²) in [5.41, 5.74) is 2.25. The van der Waals surface area contributed by atoms with Crippen LogP contribution < -0.4 is 5.32 Å². The van der Waals surface area contributed by atoms with Crippen LogP contribution in [0.5, 0.6) is 0 Å². The molecule has 0 spiro atoms. The highest BCUT2D eigenvalue weighted by Gasteiger charge is 2.27. The van der Waals surface area contributed by atoms with Gasteiger partial charge in [0.1, 0.15) is 5.82 Å². The summed E-state index contributed by atoms with van der Waals surface area (Å²) in [5, 5.41) is 12.0. The first kappa shape index (κ1) is 17.1. The molecule has 7 nitrogen and oxygen atoms in total. The minimum absolute atomic E-state index is 0.0196. The fourth-order valence-electron chi connectivity index (χ4n) is 3.47. The fraction of sp³-hybridized carbons (Fsp3) is 0.706. The summed E-state index contributed by atoms with van der Waals surface area (Å²) in [6.45, 7) is 3.61. The van der Waals surface area contributed by atoms with Crippen molar-refractivity contribution in [1.29, 1.82) is 0 Å². The zero-order valence-electron chi connectivity index (χ0n) is 14.2. The van der Waals surface area contributed by atoms with Crippen LogP contribution in [-0.2, 0) is 17.6 Å². The van der Waals surface area contributed by atoms with E-state index in [4.69, 9.17) is 9.84 Å². The molecule has 2 heterocycles. The second kappa shape index (κ2) is 7.90. The van der Waals surface area contributed by atoms with E-state index in [-0.39, 0.29) is 24.8 Å². The number of rotatable bonds is 4. The van der Waals surface area contributed by atoms with E-state index in [1.165, 1.54) is 0 Å². The molecule has 2 amide bonds. The molecule has 2 aliphatic rings. The molecule has 0 radical (unpaired) electrons. The summed E-state index contributed by atoms with van der Waals surface area (Å²) in [5.74, 6) is 0.804. The summed E-state index contributed by atoms with van der Waals surface area (Å²) in [6.07, 6.45) is 6.37. The Morgan fingerprint density at radius 1 is 1.50 bits per heavy atom. The summed E-state index contributed by atoms with van der Waals surface area (Å²) in [4.78, 5) is 23.1. The number of aliphatic hydroxyl groups excluding tert-OH is 1. The van der Waals surface area contributed by atoms with Crippen molar-refractivity contribution in [1.82, 2.24) is 20.2 Å². The van der Waals surface area contributed by atoms with Crippen LogP contribution in [0.3, 0.4) is 0 Å². The number of urea groups is 1. The maximum atomic E-state index is 12.5. The van der Waals surface area contributed by atoms with Crippen molar-refractivity contribution in [2.24, 2.45) is 0 Å². The fourth-order valence-corrected chi connectivity index (χ4v) is 3.47. The van der Waals surface area contributed by atoms with Gasteiger partial charge >= 0.3 is 6.03 Å². The van der Waals surface area contributed by atoms with E-state index in [1.54, 1.807) is 0 Å². The van der Waals surface area contributed by atoms with Crippen molar-refractivity contribution in [2.75, 3.05) is 26.3 Å². The van der Waals surface area contributed by atoms with E-state index in [1.807, 2.05) is 18.0 Å². The molecular weight excluding hydrogens is 308 g/mol. The first-order valence-electron chi connectivity index (χ1n) is 8.75. The Morgan fingerprint density at radius 3 is 3.21 bits per heavy atom. The lowest BCUT2D eigenvalue weighted by Gasteiger charge is -2.34. The highest BCUT2D eigenvalue weighted by Crippen LogP contribution is 2.20. The lowest BCUT2D eigenvalue weighted by Crippen LogP contribution is -2.51. The number of piperidine rings is 1. The van der Waals surface area contributed by atoms with Gasteiger partial charge in [0.2, 0.25) is 0 Å². The zero-order valence-corrected chi connectivity index (χ0v) is 14.2. The van der Waals surface area contributed by atoms with Crippen LogP contribution in [-0.4, -0.2) is 64.5 Å². The van der Waals surface area contributed by atoms with Gasteiger partial charge in [0, 0.05) is 31.0 Å². The standard InChI is InChI=1S/C17H26N4O3/c1-12-18-10-13-9-14(4-5-16(13)19-12)20-17(23)21-6-2-3-15(11-21)24-8-7-22/h10,14-15,22H,2-9,11H2,1H3,(H,20,23).